The number of morpholine rings is 1. The molecule has 13 nitrogen and oxygen atoms in total. The molecular weight excluding hydrogens is 544 g/mol. The van der Waals surface area contributed by atoms with Crippen molar-refractivity contribution in [1.82, 2.24) is 44.5 Å². The topological polar surface area (TPSA) is 118 Å². The van der Waals surface area contributed by atoms with Gasteiger partial charge in [0.15, 0.2) is 11.6 Å². The van der Waals surface area contributed by atoms with E-state index in [1.807, 2.05) is 39.6 Å². The van der Waals surface area contributed by atoms with Crippen LogP contribution in [0, 0.1) is 0 Å². The zero-order valence-corrected chi connectivity index (χ0v) is 25.4. The van der Waals surface area contributed by atoms with Crippen LogP contribution >= 0.6 is 0 Å². The summed E-state index contributed by atoms with van der Waals surface area (Å²) < 4.78 is 9.66. The van der Waals surface area contributed by atoms with E-state index < -0.39 is 0 Å². The maximum Gasteiger partial charge on any atom is 0.225 e. The van der Waals surface area contributed by atoms with E-state index in [0.717, 1.165) is 61.7 Å². The number of piperazine rings is 1. The lowest BCUT2D eigenvalue weighted by Crippen LogP contribution is -2.45. The minimum absolute atomic E-state index is 0.121. The fraction of sp³-hybridized carbons (Fsp3) is 0.467. The third kappa shape index (κ3) is 6.90. The van der Waals surface area contributed by atoms with Gasteiger partial charge in [0.05, 0.1) is 31.2 Å². The average molecular weight is 585 g/mol. The van der Waals surface area contributed by atoms with E-state index in [1.165, 1.54) is 5.56 Å². The standard InChI is InChI=1S/C30H40N12O/c1-22(26-17-34-39(4)19-26)35-29-28(31-2)36-37-42(29)21-27-20-41(13-14-43-27)30-32-15-25(16-33-30)24-7-5-23(6-8-24)18-40-11-9-38(3)10-12-40/h5-8,15-17,19,27,31H,9-14,18,20-21H2,1-4H3. The van der Waals surface area contributed by atoms with Crippen molar-refractivity contribution in [3.63, 3.8) is 0 Å². The number of nitrogens with one attached hydrogen (secondary N) is 1. The number of hydrogen-bond acceptors (Lipinski definition) is 11. The number of aromatic nitrogens is 7. The van der Waals surface area contributed by atoms with Crippen LogP contribution in [0.3, 0.4) is 0 Å². The number of hydrogen-bond donors (Lipinski definition) is 1. The van der Waals surface area contributed by atoms with E-state index in [2.05, 4.69) is 66.7 Å². The van der Waals surface area contributed by atoms with Gasteiger partial charge < -0.3 is 19.9 Å². The van der Waals surface area contributed by atoms with Gasteiger partial charge in [0, 0.05) is 89.6 Å². The maximum absolute atomic E-state index is 6.11. The van der Waals surface area contributed by atoms with E-state index >= 15 is 0 Å². The molecule has 2 aliphatic rings. The Morgan fingerprint density at radius 2 is 1.77 bits per heavy atom. The van der Waals surface area contributed by atoms with Gasteiger partial charge in [-0.3, -0.25) is 9.58 Å². The molecule has 43 heavy (non-hydrogen) atoms. The van der Waals surface area contributed by atoms with Crippen molar-refractivity contribution in [2.24, 2.45) is 12.0 Å². The van der Waals surface area contributed by atoms with Crippen molar-refractivity contribution in [2.75, 3.05) is 70.2 Å². The molecule has 1 unspecified atom stereocenters. The number of anilines is 2. The van der Waals surface area contributed by atoms with Crippen molar-refractivity contribution in [3.8, 4) is 11.1 Å². The maximum atomic E-state index is 6.11. The average Bonchev–Trinajstić information content (AvgIpc) is 3.64. The second-order valence-corrected chi connectivity index (χ2v) is 11.3. The number of nitrogens with zero attached hydrogens (tertiary/aromatic N) is 11. The Balaban J connectivity index is 1.09. The van der Waals surface area contributed by atoms with Gasteiger partial charge in [-0.25, -0.2) is 19.6 Å². The number of benzene rings is 1. The zero-order chi connectivity index (χ0) is 29.8. The Bertz CT molecular complexity index is 1520. The normalized spacial score (nSPS) is 18.7. The molecule has 0 amide bonds. The number of aliphatic imine (C=N–C) groups is 1. The molecule has 2 aliphatic heterocycles. The summed E-state index contributed by atoms with van der Waals surface area (Å²) in [6, 6.07) is 8.77. The van der Waals surface area contributed by atoms with E-state index in [1.54, 1.807) is 15.6 Å². The highest BCUT2D eigenvalue weighted by Gasteiger charge is 2.25. The third-order valence-electron chi connectivity index (χ3n) is 8.07. The highest BCUT2D eigenvalue weighted by atomic mass is 16.5. The molecule has 13 heteroatoms. The molecule has 0 bridgehead atoms. The highest BCUT2D eigenvalue weighted by Crippen LogP contribution is 2.25. The second kappa shape index (κ2) is 13.0. The van der Waals surface area contributed by atoms with Crippen LogP contribution in [0.15, 0.2) is 54.0 Å². The molecule has 6 rings (SSSR count). The SMILES string of the molecule is CNc1nnn(CC2CN(c3ncc(-c4ccc(CN5CCN(C)CC5)cc4)cn3)CCO2)c1N=C(C)c1cnn(C)c1. The fourth-order valence-corrected chi connectivity index (χ4v) is 5.44. The van der Waals surface area contributed by atoms with E-state index in [0.29, 0.717) is 37.3 Å². The number of aryl methyl sites for hydroxylation is 1. The van der Waals surface area contributed by atoms with Crippen molar-refractivity contribution < 1.29 is 4.74 Å². The van der Waals surface area contributed by atoms with Gasteiger partial charge in [0.25, 0.3) is 0 Å². The molecule has 226 valence electrons. The first-order chi connectivity index (χ1) is 20.9. The van der Waals surface area contributed by atoms with Gasteiger partial charge in [-0.15, -0.1) is 5.10 Å². The van der Waals surface area contributed by atoms with Gasteiger partial charge in [-0.05, 0) is 25.1 Å². The molecule has 5 heterocycles. The lowest BCUT2D eigenvalue weighted by Gasteiger charge is -2.32. The summed E-state index contributed by atoms with van der Waals surface area (Å²) in [7, 11) is 5.89. The Morgan fingerprint density at radius 1 is 1.00 bits per heavy atom. The van der Waals surface area contributed by atoms with Crippen LogP contribution in [0.1, 0.15) is 18.1 Å². The lowest BCUT2D eigenvalue weighted by molar-refractivity contribution is 0.0269. The summed E-state index contributed by atoms with van der Waals surface area (Å²) >= 11 is 0. The molecule has 1 atom stereocenters. The largest absolute Gasteiger partial charge is 0.373 e. The van der Waals surface area contributed by atoms with E-state index in [4.69, 9.17) is 19.7 Å². The predicted octanol–water partition coefficient (Wildman–Crippen LogP) is 2.30. The smallest absolute Gasteiger partial charge is 0.225 e. The summed E-state index contributed by atoms with van der Waals surface area (Å²) in [5.74, 6) is 1.96. The van der Waals surface area contributed by atoms with Crippen LogP contribution in [-0.4, -0.2) is 116 Å². The highest BCUT2D eigenvalue weighted by molar-refractivity contribution is 6.00. The third-order valence-corrected chi connectivity index (χ3v) is 8.07. The van der Waals surface area contributed by atoms with Crippen LogP contribution in [-0.2, 0) is 24.9 Å². The van der Waals surface area contributed by atoms with Gasteiger partial charge >= 0.3 is 0 Å². The van der Waals surface area contributed by atoms with Gasteiger partial charge in [0.2, 0.25) is 5.95 Å². The minimum atomic E-state index is -0.121. The summed E-state index contributed by atoms with van der Waals surface area (Å²) in [5, 5.41) is 16.0. The molecule has 0 aliphatic carbocycles. The first-order valence-electron chi connectivity index (χ1n) is 14.8. The van der Waals surface area contributed by atoms with Crippen LogP contribution in [0.4, 0.5) is 17.6 Å². The van der Waals surface area contributed by atoms with Gasteiger partial charge in [-0.1, -0.05) is 29.5 Å². The Labute approximate surface area is 252 Å². The minimum Gasteiger partial charge on any atom is -0.373 e. The second-order valence-electron chi connectivity index (χ2n) is 11.3. The predicted molar refractivity (Wildman–Crippen MR) is 167 cm³/mol. The van der Waals surface area contributed by atoms with Crippen molar-refractivity contribution in [3.05, 3.63) is 60.2 Å². The first kappa shape index (κ1) is 28.9. The van der Waals surface area contributed by atoms with Crippen molar-refractivity contribution >= 4 is 23.3 Å². The number of ether oxygens (including phenoxy) is 1. The van der Waals surface area contributed by atoms with Gasteiger partial charge in [0.1, 0.15) is 0 Å². The number of rotatable bonds is 9. The zero-order valence-electron chi connectivity index (χ0n) is 25.4. The molecule has 1 N–H and O–H groups in total. The Hall–Kier alpha value is -4.20. The van der Waals surface area contributed by atoms with Crippen LogP contribution in [0.2, 0.25) is 0 Å². The molecule has 1 aromatic carbocycles. The first-order valence-corrected chi connectivity index (χ1v) is 14.8. The van der Waals surface area contributed by atoms with Crippen LogP contribution in [0.25, 0.3) is 11.1 Å². The van der Waals surface area contributed by atoms with Crippen LogP contribution in [0.5, 0.6) is 0 Å². The molecule has 0 saturated carbocycles. The summed E-state index contributed by atoms with van der Waals surface area (Å²) in [6.07, 6.45) is 7.43. The number of likely N-dealkylation sites (N-methyl/N-ethyl adjacent to an activating group) is 1. The van der Waals surface area contributed by atoms with Crippen LogP contribution < -0.4 is 10.2 Å². The molecule has 3 aromatic heterocycles. The molecule has 0 radical (unpaired) electrons. The summed E-state index contributed by atoms with van der Waals surface area (Å²) in [6.45, 7) is 9.88. The molecule has 4 aromatic rings. The summed E-state index contributed by atoms with van der Waals surface area (Å²) in [4.78, 5) is 21.3. The van der Waals surface area contributed by atoms with Gasteiger partial charge in [-0.2, -0.15) is 5.10 Å². The molecule has 0 spiro atoms. The Morgan fingerprint density at radius 3 is 2.47 bits per heavy atom. The van der Waals surface area contributed by atoms with E-state index in [9.17, 15) is 0 Å². The fourth-order valence-electron chi connectivity index (χ4n) is 5.44. The molecular formula is C30H40N12O. The monoisotopic (exact) mass is 584 g/mol. The Kier molecular flexibility index (Phi) is 8.72. The summed E-state index contributed by atoms with van der Waals surface area (Å²) in [5.41, 5.74) is 5.24. The van der Waals surface area contributed by atoms with Crippen molar-refractivity contribution in [1.29, 1.82) is 0 Å². The quantitative estimate of drug-likeness (QED) is 0.294. The van der Waals surface area contributed by atoms with E-state index in [-0.39, 0.29) is 6.10 Å². The molecule has 2 fully saturated rings. The lowest BCUT2D eigenvalue weighted by atomic mass is 10.1. The van der Waals surface area contributed by atoms with Crippen molar-refractivity contribution in [2.45, 2.75) is 26.1 Å². The molecule has 2 saturated heterocycles.